The summed E-state index contributed by atoms with van der Waals surface area (Å²) in [5.41, 5.74) is 5.44. The van der Waals surface area contributed by atoms with Crippen molar-refractivity contribution in [2.75, 3.05) is 32.7 Å². The summed E-state index contributed by atoms with van der Waals surface area (Å²) in [6.45, 7) is -1.74. The minimum absolute atomic E-state index is 0.0348. The SMILES string of the molecule is CCO[P@@]1(=O)OCC23C[C@@H]2[C@@H](n2cnc4c(N)ncnc42)[C@H](O)[C@@H]3O[P@](=O)(S)OC[C@H]2O[C@@H](n3cnc4c(=O)[nH]c(C)nc43)[C@H](O1)[C@@H]2OC. The first-order valence-electron chi connectivity index (χ1n) is 15.3. The van der Waals surface area contributed by atoms with Gasteiger partial charge in [0.15, 0.2) is 28.9 Å². The fraction of sp³-hybridized carbons (Fsp3) is 0.615. The Kier molecular flexibility index (Phi) is 8.08. The van der Waals surface area contributed by atoms with Gasteiger partial charge in [0.05, 0.1) is 38.5 Å². The molecular weight excluding hydrogens is 708 g/mol. The van der Waals surface area contributed by atoms with Gasteiger partial charge in [-0.15, -0.1) is 0 Å². The Morgan fingerprint density at radius 2 is 1.92 bits per heavy atom. The minimum Gasteiger partial charge on any atom is -0.388 e. The molecule has 2 saturated carbocycles. The van der Waals surface area contributed by atoms with E-state index in [0.717, 1.165) is 0 Å². The van der Waals surface area contributed by atoms with E-state index in [9.17, 15) is 19.0 Å². The molecule has 4 fully saturated rings. The maximum atomic E-state index is 14.4. The summed E-state index contributed by atoms with van der Waals surface area (Å²) in [5.74, 6) is 0.137. The quantitative estimate of drug-likeness (QED) is 0.168. The Morgan fingerprint density at radius 1 is 1.14 bits per heavy atom. The highest BCUT2D eigenvalue weighted by Crippen LogP contribution is 2.73. The second-order valence-corrected chi connectivity index (χ2v) is 16.8. The van der Waals surface area contributed by atoms with Gasteiger partial charge >= 0.3 is 14.6 Å². The van der Waals surface area contributed by atoms with E-state index in [-0.39, 0.29) is 42.7 Å². The third-order valence-corrected chi connectivity index (χ3v) is 12.7. The van der Waals surface area contributed by atoms with Crippen LogP contribution in [0.25, 0.3) is 22.3 Å². The van der Waals surface area contributed by atoms with Gasteiger partial charge in [-0.05, 0) is 26.2 Å². The maximum absolute atomic E-state index is 14.4. The van der Waals surface area contributed by atoms with E-state index in [1.54, 1.807) is 18.4 Å². The van der Waals surface area contributed by atoms with Gasteiger partial charge in [-0.3, -0.25) is 32.0 Å². The summed E-state index contributed by atoms with van der Waals surface area (Å²) in [5, 5.41) is 11.7. The number of nitrogens with zero attached hydrogens (tertiary/aromatic N) is 7. The Balaban J connectivity index is 1.18. The lowest BCUT2D eigenvalue weighted by molar-refractivity contribution is -0.0612. The van der Waals surface area contributed by atoms with Gasteiger partial charge in [-0.2, -0.15) is 0 Å². The monoisotopic (exact) mass is 741 g/mol. The number of fused-ring (bicyclic) bond motifs is 4. The molecule has 49 heavy (non-hydrogen) atoms. The van der Waals surface area contributed by atoms with Crippen LogP contribution < -0.4 is 11.3 Å². The fourth-order valence-electron chi connectivity index (χ4n) is 7.39. The molecule has 1 unspecified atom stereocenters. The van der Waals surface area contributed by atoms with E-state index in [4.69, 9.17) is 37.8 Å². The zero-order valence-electron chi connectivity index (χ0n) is 26.3. The highest BCUT2D eigenvalue weighted by atomic mass is 32.7. The number of thiol groups is 1. The minimum atomic E-state index is -4.44. The topological polar surface area (TPSA) is 252 Å². The van der Waals surface area contributed by atoms with Crippen molar-refractivity contribution in [3.8, 4) is 0 Å². The number of hydrogen-bond donors (Lipinski definition) is 4. The lowest BCUT2D eigenvalue weighted by Gasteiger charge is -2.31. The van der Waals surface area contributed by atoms with Crippen LogP contribution in [0, 0.1) is 18.3 Å². The number of rotatable bonds is 5. The molecule has 23 heteroatoms. The molecule has 2 aliphatic heterocycles. The Labute approximate surface area is 282 Å². The second kappa shape index (κ2) is 11.9. The first kappa shape index (κ1) is 33.3. The molecule has 2 bridgehead atoms. The number of anilines is 1. The third kappa shape index (κ3) is 5.38. The number of methoxy groups -OCH3 is 1. The van der Waals surface area contributed by atoms with E-state index in [1.807, 2.05) is 0 Å². The summed E-state index contributed by atoms with van der Waals surface area (Å²) in [6, 6.07) is -0.683. The molecule has 20 nitrogen and oxygen atoms in total. The van der Waals surface area contributed by atoms with E-state index < -0.39 is 68.4 Å². The number of aliphatic hydroxyl groups is 1. The van der Waals surface area contributed by atoms with Crippen molar-refractivity contribution >= 4 is 55.0 Å². The summed E-state index contributed by atoms with van der Waals surface area (Å²) in [4.78, 5) is 36.5. The van der Waals surface area contributed by atoms with E-state index >= 15 is 0 Å². The highest BCUT2D eigenvalue weighted by Gasteiger charge is 2.74. The van der Waals surface area contributed by atoms with Crippen molar-refractivity contribution < 1.29 is 46.3 Å². The molecule has 0 amide bonds. The van der Waals surface area contributed by atoms with Gasteiger partial charge in [-0.25, -0.2) is 34.0 Å². The van der Waals surface area contributed by atoms with Crippen LogP contribution in [0.15, 0.2) is 23.8 Å². The zero-order chi connectivity index (χ0) is 34.5. The second-order valence-electron chi connectivity index (χ2n) is 12.3. The largest absolute Gasteiger partial charge is 0.475 e. The average molecular weight is 742 g/mol. The molecule has 6 heterocycles. The molecule has 11 atom stereocenters. The number of ether oxygens (including phenoxy) is 2. The maximum Gasteiger partial charge on any atom is 0.475 e. The number of nitrogens with two attached hydrogens (primary N) is 1. The average Bonchev–Trinajstić information content (AvgIpc) is 3.35. The lowest BCUT2D eigenvalue weighted by Crippen LogP contribution is -2.37. The molecule has 1 spiro atoms. The Bertz CT molecular complexity index is 2100. The molecule has 4 aromatic heterocycles. The van der Waals surface area contributed by atoms with Crippen LogP contribution >= 0.6 is 26.9 Å². The number of aryl methyl sites for hydroxylation is 1. The van der Waals surface area contributed by atoms with Crippen molar-refractivity contribution in [1.82, 2.24) is 39.0 Å². The van der Waals surface area contributed by atoms with Gasteiger partial charge < -0.3 is 29.9 Å². The number of imidazole rings is 2. The first-order valence-corrected chi connectivity index (χ1v) is 19.5. The molecule has 4 aliphatic rings. The molecular formula is C26H33N9O11P2S. The number of nitrogen functional groups attached to an aromatic ring is 1. The van der Waals surface area contributed by atoms with Crippen LogP contribution in [0.2, 0.25) is 0 Å². The standard InChI is InChI=1S/C26H33N9O11P2S/c1-4-41-47(38)43-7-26-5-12(26)16(34-9-30-14-21(27)28-8-29-22(14)34)17(36)20(26)46-48(39,49)42-6-13-18(40-3)19(45-47)25(44-13)35-10-31-15-23(35)32-11(2)33-24(15)37/h8-10,12-13,16-20,25,36H,4-7H2,1-3H3,(H,39,49)(H2,27,28,29)(H,32,33,37)/t12-,13-,16-,17+,18-,19-,20+,25-,26?,47+,48-/m1/s1. The number of phosphoric acid groups is 1. The molecule has 2 saturated heterocycles. The summed E-state index contributed by atoms with van der Waals surface area (Å²) in [7, 11) is -3.06. The summed E-state index contributed by atoms with van der Waals surface area (Å²) < 4.78 is 73.1. The van der Waals surface area contributed by atoms with E-state index in [1.165, 1.54) is 30.7 Å². The highest BCUT2D eigenvalue weighted by molar-refractivity contribution is 8.44. The van der Waals surface area contributed by atoms with Crippen molar-refractivity contribution in [3.63, 3.8) is 0 Å². The van der Waals surface area contributed by atoms with Crippen LogP contribution in [0.5, 0.6) is 0 Å². The number of aromatic amines is 1. The summed E-state index contributed by atoms with van der Waals surface area (Å²) >= 11 is 4.27. The normalized spacial score (nSPS) is 39.3. The van der Waals surface area contributed by atoms with Gasteiger partial charge in [0, 0.05) is 12.5 Å². The molecule has 264 valence electrons. The van der Waals surface area contributed by atoms with Crippen LogP contribution in [-0.4, -0.2) is 102 Å². The van der Waals surface area contributed by atoms with Crippen molar-refractivity contribution in [3.05, 3.63) is 35.2 Å². The van der Waals surface area contributed by atoms with E-state index in [0.29, 0.717) is 23.4 Å². The first-order chi connectivity index (χ1) is 23.4. The number of nitrogens with one attached hydrogen (secondary N) is 1. The number of H-pyrrole nitrogens is 1. The van der Waals surface area contributed by atoms with Crippen LogP contribution in [0.4, 0.5) is 5.82 Å². The molecule has 4 N–H and O–H groups in total. The predicted octanol–water partition coefficient (Wildman–Crippen LogP) is 1.68. The molecule has 4 aromatic rings. The molecule has 8 rings (SSSR count). The number of aliphatic hydroxyl groups excluding tert-OH is 1. The van der Waals surface area contributed by atoms with Gasteiger partial charge in [0.1, 0.15) is 48.2 Å². The fourth-order valence-corrected chi connectivity index (χ4v) is 10.3. The molecule has 0 aromatic carbocycles. The number of phosphoric ester groups is 1. The van der Waals surface area contributed by atoms with Crippen LogP contribution in [0.3, 0.4) is 0 Å². The summed E-state index contributed by atoms with van der Waals surface area (Å²) in [6.07, 6.45) is -2.28. The Morgan fingerprint density at radius 3 is 2.69 bits per heavy atom. The van der Waals surface area contributed by atoms with Gasteiger partial charge in [0.25, 0.3) is 5.56 Å². The third-order valence-electron chi connectivity index (χ3n) is 9.59. The number of aromatic nitrogens is 8. The molecule has 2 aliphatic carbocycles. The van der Waals surface area contributed by atoms with Crippen molar-refractivity contribution in [1.29, 1.82) is 0 Å². The lowest BCUT2D eigenvalue weighted by atomic mass is 10.0. The Hall–Kier alpha value is -2.81. The zero-order valence-corrected chi connectivity index (χ0v) is 28.9. The van der Waals surface area contributed by atoms with Crippen molar-refractivity contribution in [2.45, 2.75) is 63.1 Å². The number of hydrogen-bond acceptors (Lipinski definition) is 17. The van der Waals surface area contributed by atoms with Gasteiger partial charge in [0.2, 0.25) is 0 Å². The van der Waals surface area contributed by atoms with Crippen LogP contribution in [0.1, 0.15) is 31.4 Å². The van der Waals surface area contributed by atoms with Crippen molar-refractivity contribution in [2.24, 2.45) is 11.3 Å². The van der Waals surface area contributed by atoms with Crippen LogP contribution in [-0.2, 0) is 41.2 Å². The van der Waals surface area contributed by atoms with E-state index in [2.05, 4.69) is 42.2 Å². The smallest absolute Gasteiger partial charge is 0.388 e. The van der Waals surface area contributed by atoms with Gasteiger partial charge in [-0.1, -0.05) is 12.2 Å². The molecule has 0 radical (unpaired) electrons. The predicted molar refractivity (Wildman–Crippen MR) is 170 cm³/mol.